The van der Waals surface area contributed by atoms with Gasteiger partial charge in [-0.1, -0.05) is 36.5 Å². The largest absolute Gasteiger partial charge is 1.00 e. The van der Waals surface area contributed by atoms with E-state index in [1.807, 2.05) is 24.3 Å². The van der Waals surface area contributed by atoms with E-state index < -0.39 is 126 Å². The van der Waals surface area contributed by atoms with Gasteiger partial charge in [0.15, 0.2) is 0 Å². The van der Waals surface area contributed by atoms with Crippen molar-refractivity contribution in [3.05, 3.63) is 104 Å². The SMILES string of the molecule is CC1(C)S[C@@H]2C(NC(=O)C(NC(=O)c3c[nH]c(=O)cc3O)C3=CCC=CC3)C(=O)N2[C@H]1C(=O)[O-].CC1(C)S[C@@H]2C(NC(=O)C(NC(=O)c3c[nH]c(=O)cc3O)C3=CCC=CC3)C(=O)N2[C@H]1C(=O)[O-].[Na+].[Na+]. The number of aromatic amines is 2. The quantitative estimate of drug-likeness (QED) is 0.0556. The number of thioether (sulfide) groups is 2. The molecule has 8 N–H and O–H groups in total. The number of β-lactam (4-membered cyclic amide) rings is 2. The van der Waals surface area contributed by atoms with Crippen LogP contribution in [0.1, 0.15) is 74.1 Å². The van der Waals surface area contributed by atoms with Crippen LogP contribution in [0, 0.1) is 0 Å². The molecule has 70 heavy (non-hydrogen) atoms. The van der Waals surface area contributed by atoms with Crippen LogP contribution in [0.3, 0.4) is 0 Å². The number of aromatic hydroxyl groups is 2. The molecule has 0 saturated carbocycles. The predicted octanol–water partition coefficient (Wildman–Crippen LogP) is -8.49. The molecule has 0 bridgehead atoms. The third kappa shape index (κ3) is 11.2. The Labute approximate surface area is 451 Å². The van der Waals surface area contributed by atoms with Crippen LogP contribution < -0.4 is 102 Å². The summed E-state index contributed by atoms with van der Waals surface area (Å²) in [5.74, 6) is -7.75. The summed E-state index contributed by atoms with van der Waals surface area (Å²) in [6.07, 6.45) is 15.0. The molecule has 4 aliphatic heterocycles. The third-order valence-corrected chi connectivity index (χ3v) is 15.3. The van der Waals surface area contributed by atoms with Crippen LogP contribution in [0.4, 0.5) is 0 Å². The number of H-pyrrole nitrogens is 2. The van der Waals surface area contributed by atoms with Crippen LogP contribution >= 0.6 is 23.5 Å². The molecule has 2 aromatic rings. The van der Waals surface area contributed by atoms with Crippen molar-refractivity contribution in [2.24, 2.45) is 0 Å². The maximum Gasteiger partial charge on any atom is 1.00 e. The Balaban J connectivity index is 0.000000254. The zero-order chi connectivity index (χ0) is 49.6. The van der Waals surface area contributed by atoms with Gasteiger partial charge in [0.25, 0.3) is 22.9 Å². The van der Waals surface area contributed by atoms with Crippen LogP contribution in [0.2, 0.25) is 0 Å². The van der Waals surface area contributed by atoms with Crippen LogP contribution in [0.5, 0.6) is 11.5 Å². The molecule has 0 radical (unpaired) electrons. The molecule has 2 aromatic heterocycles. The number of allylic oxidation sites excluding steroid dienone is 6. The Bertz CT molecular complexity index is 2570. The fourth-order valence-corrected chi connectivity index (χ4v) is 12.0. The fraction of sp³-hybridized carbons (Fsp3) is 0.409. The van der Waals surface area contributed by atoms with Gasteiger partial charge in [0.2, 0.25) is 23.6 Å². The van der Waals surface area contributed by atoms with Gasteiger partial charge in [0.05, 0.1) is 35.1 Å². The Hall–Kier alpha value is -5.08. The van der Waals surface area contributed by atoms with E-state index in [0.29, 0.717) is 36.8 Å². The Morgan fingerprint density at radius 2 is 1.00 bits per heavy atom. The number of nitrogens with one attached hydrogen (secondary N) is 6. The first-order chi connectivity index (χ1) is 32.0. The summed E-state index contributed by atoms with van der Waals surface area (Å²) in [6.45, 7) is 6.78. The summed E-state index contributed by atoms with van der Waals surface area (Å²) in [6, 6.07) is -4.75. The molecule has 6 aliphatic rings. The molecular formula is C44H46N8Na2O14S2. The second-order valence-corrected chi connectivity index (χ2v) is 21.1. The van der Waals surface area contributed by atoms with Gasteiger partial charge in [0.1, 0.15) is 46.4 Å². The predicted molar refractivity (Wildman–Crippen MR) is 239 cm³/mol. The van der Waals surface area contributed by atoms with Crippen molar-refractivity contribution in [3.8, 4) is 11.5 Å². The molecule has 2 aliphatic carbocycles. The number of carbonyl (C=O) groups excluding carboxylic acids is 8. The molecule has 4 saturated heterocycles. The molecule has 0 spiro atoms. The first kappa shape index (κ1) is 55.8. The molecule has 4 unspecified atom stereocenters. The maximum absolute atomic E-state index is 13.2. The van der Waals surface area contributed by atoms with Crippen LogP contribution in [-0.2, 0) is 28.8 Å². The molecule has 360 valence electrons. The molecular weight excluding hydrogens is 975 g/mol. The monoisotopic (exact) mass is 1020 g/mol. The zero-order valence-corrected chi connectivity index (χ0v) is 44.4. The molecule has 6 amide bonds. The summed E-state index contributed by atoms with van der Waals surface area (Å²) >= 11 is 2.52. The number of hydrogen-bond acceptors (Lipinski definition) is 16. The van der Waals surface area contributed by atoms with E-state index in [9.17, 15) is 68.4 Å². The van der Waals surface area contributed by atoms with Gasteiger partial charge >= 0.3 is 59.1 Å². The number of carbonyl (C=O) groups is 8. The summed E-state index contributed by atoms with van der Waals surface area (Å²) < 4.78 is -1.60. The summed E-state index contributed by atoms with van der Waals surface area (Å²) in [7, 11) is 0. The average Bonchev–Trinajstić information content (AvgIpc) is 3.70. The van der Waals surface area contributed by atoms with E-state index in [0.717, 1.165) is 24.5 Å². The van der Waals surface area contributed by atoms with Gasteiger partial charge in [-0.15, -0.1) is 23.5 Å². The van der Waals surface area contributed by atoms with Crippen LogP contribution in [0.15, 0.2) is 81.7 Å². The van der Waals surface area contributed by atoms with E-state index in [2.05, 4.69) is 31.2 Å². The second kappa shape index (κ2) is 22.1. The standard InChI is InChI=1S/2C22H24N4O7S.2Na/c2*1-22(2)16(21(32)33)26-19(31)15(20(26)34-22)25-18(30)14(10-6-4-3-5-7-10)24-17(29)11-9-23-13(28)8-12(11)27;;/h2*3-4,7-9,14-16,20H,5-6H2,1-2H3,(H,24,29)(H,25,30)(H,32,33)(H2,23,27,28);;/q;;2*+1/p-2/t2*14?,15?,16-,20+;;/m00../s1. The number of aromatic nitrogens is 2. The van der Waals surface area contributed by atoms with E-state index in [1.165, 1.54) is 33.3 Å². The fourth-order valence-electron chi connectivity index (χ4n) is 8.79. The van der Waals surface area contributed by atoms with Crippen molar-refractivity contribution < 1.29 is 118 Å². The van der Waals surface area contributed by atoms with E-state index in [1.54, 1.807) is 39.8 Å². The molecule has 0 aromatic carbocycles. The normalized spacial score (nSPS) is 24.9. The summed E-state index contributed by atoms with van der Waals surface area (Å²) in [5.41, 5.74) is -0.451. The van der Waals surface area contributed by atoms with Crippen molar-refractivity contribution >= 4 is 70.9 Å². The number of carboxylic acids is 2. The number of hydrogen-bond donors (Lipinski definition) is 8. The topological polar surface area (TPSA) is 343 Å². The first-order valence-electron chi connectivity index (χ1n) is 21.2. The number of nitrogens with zero attached hydrogens (tertiary/aromatic N) is 2. The number of fused-ring (bicyclic) bond motifs is 2. The minimum absolute atomic E-state index is 0. The molecule has 22 nitrogen and oxygen atoms in total. The van der Waals surface area contributed by atoms with Gasteiger partial charge in [-0.2, -0.15) is 0 Å². The number of amides is 6. The minimum atomic E-state index is -1.36. The van der Waals surface area contributed by atoms with Gasteiger partial charge in [-0.25, -0.2) is 0 Å². The van der Waals surface area contributed by atoms with Gasteiger partial charge in [-0.05, 0) is 64.5 Å². The van der Waals surface area contributed by atoms with E-state index in [4.69, 9.17) is 0 Å². The second-order valence-electron chi connectivity index (χ2n) is 17.5. The van der Waals surface area contributed by atoms with E-state index in [-0.39, 0.29) is 70.2 Å². The van der Waals surface area contributed by atoms with Gasteiger partial charge in [0, 0.05) is 34.0 Å². The Kier molecular flexibility index (Phi) is 17.7. The van der Waals surface area contributed by atoms with Crippen molar-refractivity contribution in [1.29, 1.82) is 0 Å². The summed E-state index contributed by atoms with van der Waals surface area (Å²) in [5, 5.41) is 52.4. The van der Waals surface area contributed by atoms with Gasteiger partial charge in [-0.3, -0.25) is 38.4 Å². The molecule has 8 atom stereocenters. The van der Waals surface area contributed by atoms with Crippen LogP contribution in [-0.4, -0.2) is 134 Å². The van der Waals surface area contributed by atoms with Crippen molar-refractivity contribution in [3.63, 3.8) is 0 Å². The number of carboxylic acid groups (broad SMARTS) is 2. The molecule has 4 fully saturated rings. The number of aliphatic carboxylic acids is 2. The zero-order valence-electron chi connectivity index (χ0n) is 38.7. The van der Waals surface area contributed by atoms with Crippen LogP contribution in [0.25, 0.3) is 0 Å². The Morgan fingerprint density at radius 3 is 1.30 bits per heavy atom. The average molecular weight is 1020 g/mol. The van der Waals surface area contributed by atoms with E-state index >= 15 is 0 Å². The maximum atomic E-state index is 13.2. The molecule has 8 rings (SSSR count). The minimum Gasteiger partial charge on any atom is -0.548 e. The number of rotatable bonds is 12. The molecule has 26 heteroatoms. The first-order valence-corrected chi connectivity index (χ1v) is 22.9. The van der Waals surface area contributed by atoms with Crippen molar-refractivity contribution in [2.45, 2.75) is 110 Å². The van der Waals surface area contributed by atoms with Crippen molar-refractivity contribution in [1.82, 2.24) is 41.0 Å². The number of pyridine rings is 2. The Morgan fingerprint density at radius 1 is 0.643 bits per heavy atom. The summed E-state index contributed by atoms with van der Waals surface area (Å²) in [4.78, 5) is 130. The third-order valence-electron chi connectivity index (χ3n) is 12.1. The smallest absolute Gasteiger partial charge is 0.548 e. The molecule has 6 heterocycles. The van der Waals surface area contributed by atoms with Crippen molar-refractivity contribution in [2.75, 3.05) is 0 Å². The van der Waals surface area contributed by atoms with Gasteiger partial charge < -0.3 is 71.1 Å².